The molecule has 0 saturated carbocycles. The lowest BCUT2D eigenvalue weighted by Crippen LogP contribution is -2.46. The van der Waals surface area contributed by atoms with Gasteiger partial charge >= 0.3 is 5.97 Å². The predicted octanol–water partition coefficient (Wildman–Crippen LogP) is 4.85. The molecule has 0 aliphatic carbocycles. The Morgan fingerprint density at radius 1 is 1.39 bits per heavy atom. The molecule has 3 rings (SSSR count). The highest BCUT2D eigenvalue weighted by Gasteiger charge is 2.36. The first kappa shape index (κ1) is 16.7. The van der Waals surface area contributed by atoms with Gasteiger partial charge in [-0.05, 0) is 61.0 Å². The lowest BCUT2D eigenvalue weighted by atomic mass is 9.94. The number of halogens is 1. The molecule has 1 saturated heterocycles. The van der Waals surface area contributed by atoms with E-state index in [0.29, 0.717) is 0 Å². The summed E-state index contributed by atoms with van der Waals surface area (Å²) in [5.41, 5.74) is 2.38. The fourth-order valence-electron chi connectivity index (χ4n) is 3.36. The maximum absolute atomic E-state index is 11.8. The van der Waals surface area contributed by atoms with Crippen molar-refractivity contribution in [3.05, 3.63) is 56.2 Å². The second-order valence-electron chi connectivity index (χ2n) is 6.01. The number of carbonyl (C=O) groups is 1. The topological polar surface area (TPSA) is 40.5 Å². The Labute approximate surface area is 149 Å². The Bertz CT molecular complexity index is 700. The highest BCUT2D eigenvalue weighted by atomic mass is 79.9. The first-order chi connectivity index (χ1) is 11.1. The van der Waals surface area contributed by atoms with Crippen LogP contribution >= 0.6 is 27.3 Å². The number of piperidine rings is 1. The van der Waals surface area contributed by atoms with Crippen LogP contribution in [0.25, 0.3) is 0 Å². The molecule has 2 heterocycles. The molecule has 1 N–H and O–H groups in total. The van der Waals surface area contributed by atoms with Crippen LogP contribution in [-0.4, -0.2) is 28.6 Å². The number of hydrogen-bond acceptors (Lipinski definition) is 3. The summed E-state index contributed by atoms with van der Waals surface area (Å²) in [5.74, 6) is -0.709. The molecular weight excluding hydrogens is 374 g/mol. The van der Waals surface area contributed by atoms with Crippen LogP contribution in [0.3, 0.4) is 0 Å². The van der Waals surface area contributed by atoms with Gasteiger partial charge in [-0.3, -0.25) is 9.69 Å². The van der Waals surface area contributed by atoms with Crippen molar-refractivity contribution >= 4 is 33.2 Å². The van der Waals surface area contributed by atoms with Crippen molar-refractivity contribution in [2.45, 2.75) is 38.3 Å². The van der Waals surface area contributed by atoms with Crippen molar-refractivity contribution in [2.24, 2.45) is 0 Å². The number of hydrogen-bond donors (Lipinski definition) is 1. The van der Waals surface area contributed by atoms with Gasteiger partial charge in [0.1, 0.15) is 6.04 Å². The van der Waals surface area contributed by atoms with Gasteiger partial charge in [-0.15, -0.1) is 11.3 Å². The lowest BCUT2D eigenvalue weighted by molar-refractivity contribution is -0.145. The van der Waals surface area contributed by atoms with Gasteiger partial charge in [0, 0.05) is 9.35 Å². The number of benzene rings is 1. The van der Waals surface area contributed by atoms with E-state index in [1.165, 1.54) is 10.4 Å². The summed E-state index contributed by atoms with van der Waals surface area (Å²) in [6.45, 7) is 2.93. The number of aryl methyl sites for hydroxylation is 1. The van der Waals surface area contributed by atoms with E-state index in [0.717, 1.165) is 35.8 Å². The van der Waals surface area contributed by atoms with Gasteiger partial charge in [0.15, 0.2) is 0 Å². The summed E-state index contributed by atoms with van der Waals surface area (Å²) in [6, 6.07) is 9.95. The summed E-state index contributed by atoms with van der Waals surface area (Å²) in [6.07, 6.45) is 2.77. The molecule has 2 aromatic rings. The zero-order valence-electron chi connectivity index (χ0n) is 13.0. The van der Waals surface area contributed by atoms with Crippen LogP contribution in [0.5, 0.6) is 0 Å². The van der Waals surface area contributed by atoms with Gasteiger partial charge in [-0.2, -0.15) is 0 Å². The van der Waals surface area contributed by atoms with Crippen LogP contribution in [0.15, 0.2) is 40.2 Å². The third kappa shape index (κ3) is 3.52. The molecule has 1 aliphatic heterocycles. The van der Waals surface area contributed by atoms with Crippen LogP contribution in [-0.2, 0) is 4.79 Å². The van der Waals surface area contributed by atoms with E-state index in [9.17, 15) is 9.90 Å². The highest BCUT2D eigenvalue weighted by Crippen LogP contribution is 2.38. The molecule has 23 heavy (non-hydrogen) atoms. The van der Waals surface area contributed by atoms with Crippen molar-refractivity contribution < 1.29 is 9.90 Å². The number of aliphatic carboxylic acids is 1. The van der Waals surface area contributed by atoms with Crippen molar-refractivity contribution in [2.75, 3.05) is 6.54 Å². The standard InChI is InChI=1S/C18H20BrNO2S/c1-12-8-10-23-17(12)16(13-5-4-6-14(19)11-13)20-9-3-2-7-15(20)18(21)22/h4-6,8,10-11,15-16H,2-3,7,9H2,1H3,(H,21,22). The lowest BCUT2D eigenvalue weighted by Gasteiger charge is -2.39. The normalized spacial score (nSPS) is 20.3. The Kier molecular flexibility index (Phi) is 5.19. The minimum Gasteiger partial charge on any atom is -0.480 e. The largest absolute Gasteiger partial charge is 0.480 e. The molecule has 0 bridgehead atoms. The zero-order chi connectivity index (χ0) is 16.4. The van der Waals surface area contributed by atoms with Crippen molar-refractivity contribution in [3.8, 4) is 0 Å². The van der Waals surface area contributed by atoms with Gasteiger partial charge in [-0.1, -0.05) is 34.5 Å². The summed E-state index contributed by atoms with van der Waals surface area (Å²) in [4.78, 5) is 15.2. The second-order valence-corrected chi connectivity index (χ2v) is 7.88. The number of nitrogens with zero attached hydrogens (tertiary/aromatic N) is 1. The maximum atomic E-state index is 11.8. The van der Waals surface area contributed by atoms with Crippen LogP contribution < -0.4 is 0 Å². The Balaban J connectivity index is 2.08. The van der Waals surface area contributed by atoms with Gasteiger partial charge in [0.05, 0.1) is 6.04 Å². The van der Waals surface area contributed by atoms with Crippen molar-refractivity contribution in [1.82, 2.24) is 4.90 Å². The molecule has 1 aromatic heterocycles. The first-order valence-electron chi connectivity index (χ1n) is 7.86. The molecule has 2 atom stereocenters. The van der Waals surface area contributed by atoms with Gasteiger partial charge in [0.25, 0.3) is 0 Å². The molecule has 0 radical (unpaired) electrons. The molecule has 3 nitrogen and oxygen atoms in total. The summed E-state index contributed by atoms with van der Waals surface area (Å²) >= 11 is 5.26. The minimum atomic E-state index is -0.709. The summed E-state index contributed by atoms with van der Waals surface area (Å²) in [5, 5.41) is 11.8. The molecule has 1 aromatic carbocycles. The smallest absolute Gasteiger partial charge is 0.320 e. The highest BCUT2D eigenvalue weighted by molar-refractivity contribution is 9.10. The van der Waals surface area contributed by atoms with Crippen molar-refractivity contribution in [3.63, 3.8) is 0 Å². The zero-order valence-corrected chi connectivity index (χ0v) is 15.4. The average Bonchev–Trinajstić information content (AvgIpc) is 2.94. The Morgan fingerprint density at radius 3 is 2.87 bits per heavy atom. The van der Waals surface area contributed by atoms with Crippen LogP contribution in [0, 0.1) is 6.92 Å². The van der Waals surface area contributed by atoms with Crippen LogP contribution in [0.1, 0.15) is 41.3 Å². The third-order valence-corrected chi connectivity index (χ3v) is 6.04. The molecule has 5 heteroatoms. The predicted molar refractivity (Wildman–Crippen MR) is 97.0 cm³/mol. The Morgan fingerprint density at radius 2 is 2.22 bits per heavy atom. The van der Waals surface area contributed by atoms with Gasteiger partial charge in [0.2, 0.25) is 0 Å². The van der Waals surface area contributed by atoms with Crippen LogP contribution in [0.2, 0.25) is 0 Å². The molecule has 2 unspecified atom stereocenters. The summed E-state index contributed by atoms with van der Waals surface area (Å²) in [7, 11) is 0. The number of likely N-dealkylation sites (tertiary alicyclic amines) is 1. The third-order valence-electron chi connectivity index (χ3n) is 4.48. The SMILES string of the molecule is Cc1ccsc1C(c1cccc(Br)c1)N1CCCCC1C(=O)O. The number of rotatable bonds is 4. The van der Waals surface area contributed by atoms with E-state index in [2.05, 4.69) is 51.3 Å². The molecular formula is C18H20BrNO2S. The Hall–Kier alpha value is -1.17. The molecule has 0 spiro atoms. The number of carboxylic acids is 1. The number of carboxylic acid groups (broad SMARTS) is 1. The van der Waals surface area contributed by atoms with E-state index in [1.54, 1.807) is 11.3 Å². The fourth-order valence-corrected chi connectivity index (χ4v) is 4.85. The van der Waals surface area contributed by atoms with Gasteiger partial charge < -0.3 is 5.11 Å². The van der Waals surface area contributed by atoms with E-state index in [1.807, 2.05) is 12.1 Å². The van der Waals surface area contributed by atoms with E-state index < -0.39 is 12.0 Å². The fraction of sp³-hybridized carbons (Fsp3) is 0.389. The number of thiophene rings is 1. The first-order valence-corrected chi connectivity index (χ1v) is 9.53. The molecule has 122 valence electrons. The van der Waals surface area contributed by atoms with Gasteiger partial charge in [-0.25, -0.2) is 0 Å². The molecule has 1 aliphatic rings. The van der Waals surface area contributed by atoms with E-state index >= 15 is 0 Å². The maximum Gasteiger partial charge on any atom is 0.320 e. The quantitative estimate of drug-likeness (QED) is 0.806. The van der Waals surface area contributed by atoms with E-state index in [-0.39, 0.29) is 6.04 Å². The van der Waals surface area contributed by atoms with E-state index in [4.69, 9.17) is 0 Å². The van der Waals surface area contributed by atoms with Crippen LogP contribution in [0.4, 0.5) is 0 Å². The minimum absolute atomic E-state index is 0.00824. The molecule has 1 fully saturated rings. The average molecular weight is 394 g/mol. The summed E-state index contributed by atoms with van der Waals surface area (Å²) < 4.78 is 1.03. The van der Waals surface area contributed by atoms with Crippen molar-refractivity contribution in [1.29, 1.82) is 0 Å². The molecule has 0 amide bonds. The second kappa shape index (κ2) is 7.16. The monoisotopic (exact) mass is 393 g/mol.